The van der Waals surface area contributed by atoms with E-state index < -0.39 is 0 Å². The molecule has 1 aliphatic carbocycles. The third kappa shape index (κ3) is 4.01. The van der Waals surface area contributed by atoms with E-state index in [1.54, 1.807) is 4.90 Å². The minimum atomic E-state index is -0.308. The van der Waals surface area contributed by atoms with Gasteiger partial charge in [-0.2, -0.15) is 0 Å². The third-order valence-electron chi connectivity index (χ3n) is 4.25. The molecule has 2 atom stereocenters. The molecular weight excluding hydrogens is 332 g/mol. The van der Waals surface area contributed by atoms with Crippen molar-refractivity contribution < 1.29 is 9.59 Å². The Morgan fingerprint density at radius 1 is 1.30 bits per heavy atom. The number of hydrogen-bond acceptors (Lipinski definition) is 3. The van der Waals surface area contributed by atoms with Crippen molar-refractivity contribution in [3.63, 3.8) is 0 Å². The monoisotopic (exact) mass is 352 g/mol. The number of benzene rings is 1. The lowest BCUT2D eigenvalue weighted by molar-refractivity contribution is -0.137. The van der Waals surface area contributed by atoms with E-state index in [1.165, 1.54) is 11.8 Å². The molecule has 2 amide bonds. The van der Waals surface area contributed by atoms with Gasteiger partial charge in [-0.3, -0.25) is 9.59 Å². The largest absolute Gasteiger partial charge is 0.352 e. The average Bonchev–Trinajstić information content (AvgIpc) is 3.21. The van der Waals surface area contributed by atoms with Crippen LogP contribution in [0.25, 0.3) is 0 Å². The van der Waals surface area contributed by atoms with E-state index in [0.717, 1.165) is 30.6 Å². The van der Waals surface area contributed by atoms with Crippen molar-refractivity contribution in [2.45, 2.75) is 54.8 Å². The van der Waals surface area contributed by atoms with Crippen LogP contribution in [0.3, 0.4) is 0 Å². The zero-order chi connectivity index (χ0) is 16.4. The minimum Gasteiger partial charge on any atom is -0.352 e. The van der Waals surface area contributed by atoms with Gasteiger partial charge < -0.3 is 10.2 Å². The van der Waals surface area contributed by atoms with Crippen LogP contribution in [0.15, 0.2) is 29.2 Å². The van der Waals surface area contributed by atoms with Crippen molar-refractivity contribution in [2.24, 2.45) is 0 Å². The molecule has 0 spiro atoms. The Hall–Kier alpha value is -1.20. The average molecular weight is 353 g/mol. The highest BCUT2D eigenvalue weighted by atomic mass is 35.5. The van der Waals surface area contributed by atoms with Crippen LogP contribution in [0.5, 0.6) is 0 Å². The molecule has 1 aromatic rings. The smallest absolute Gasteiger partial charge is 0.243 e. The molecule has 3 rings (SSSR count). The number of nitrogens with zero attached hydrogens (tertiary/aromatic N) is 1. The lowest BCUT2D eigenvalue weighted by atomic mass is 10.2. The summed E-state index contributed by atoms with van der Waals surface area (Å²) in [4.78, 5) is 27.7. The van der Waals surface area contributed by atoms with Crippen LogP contribution in [0.1, 0.15) is 32.6 Å². The van der Waals surface area contributed by atoms with Gasteiger partial charge in [-0.25, -0.2) is 0 Å². The molecule has 1 aliphatic heterocycles. The molecule has 2 fully saturated rings. The van der Waals surface area contributed by atoms with Crippen LogP contribution >= 0.6 is 23.4 Å². The number of hydrogen-bond donors (Lipinski definition) is 1. The van der Waals surface area contributed by atoms with Crippen molar-refractivity contribution in [2.75, 3.05) is 6.54 Å². The van der Waals surface area contributed by atoms with Crippen LogP contribution in [0.4, 0.5) is 0 Å². The molecule has 0 radical (unpaired) electrons. The molecular formula is C17H21ClN2O2S. The standard InChI is InChI=1S/C17H21ClN2O2S/c1-11(23-15-7-3-2-5-13(15)18)17(22)20-10-4-6-14(20)16(21)19-12-8-9-12/h2-3,5,7,11-12,14H,4,6,8-10H2,1H3,(H,19,21). The number of halogens is 1. The summed E-state index contributed by atoms with van der Waals surface area (Å²) in [7, 11) is 0. The number of rotatable bonds is 5. The summed E-state index contributed by atoms with van der Waals surface area (Å²) in [5, 5.41) is 3.41. The van der Waals surface area contributed by atoms with Crippen molar-refractivity contribution in [3.8, 4) is 0 Å². The van der Waals surface area contributed by atoms with Gasteiger partial charge >= 0.3 is 0 Å². The quantitative estimate of drug-likeness (QED) is 0.828. The molecule has 1 saturated heterocycles. The normalized spacial score (nSPS) is 22.0. The molecule has 1 aromatic carbocycles. The van der Waals surface area contributed by atoms with Gasteiger partial charge in [-0.1, -0.05) is 23.7 Å². The SMILES string of the molecule is CC(Sc1ccccc1Cl)C(=O)N1CCCC1C(=O)NC1CC1. The number of nitrogens with one attached hydrogen (secondary N) is 1. The topological polar surface area (TPSA) is 49.4 Å². The number of thioether (sulfide) groups is 1. The number of carbonyl (C=O) groups excluding carboxylic acids is 2. The first kappa shape index (κ1) is 16.7. The highest BCUT2D eigenvalue weighted by Gasteiger charge is 2.38. The summed E-state index contributed by atoms with van der Waals surface area (Å²) in [5.74, 6) is 0.0247. The summed E-state index contributed by atoms with van der Waals surface area (Å²) >= 11 is 7.62. The number of carbonyl (C=O) groups is 2. The molecule has 1 heterocycles. The van der Waals surface area contributed by atoms with E-state index in [9.17, 15) is 9.59 Å². The van der Waals surface area contributed by atoms with Gasteiger partial charge in [-0.05, 0) is 44.7 Å². The lowest BCUT2D eigenvalue weighted by Crippen LogP contribution is -2.48. The van der Waals surface area contributed by atoms with Gasteiger partial charge in [-0.15, -0.1) is 11.8 Å². The van der Waals surface area contributed by atoms with E-state index >= 15 is 0 Å². The molecule has 1 N–H and O–H groups in total. The maximum Gasteiger partial charge on any atom is 0.243 e. The van der Waals surface area contributed by atoms with Gasteiger partial charge in [0.2, 0.25) is 11.8 Å². The van der Waals surface area contributed by atoms with Gasteiger partial charge in [0.15, 0.2) is 0 Å². The first-order valence-corrected chi connectivity index (χ1v) is 9.34. The Morgan fingerprint density at radius 2 is 2.04 bits per heavy atom. The van der Waals surface area contributed by atoms with Gasteiger partial charge in [0.05, 0.1) is 10.3 Å². The second-order valence-electron chi connectivity index (χ2n) is 6.16. The van der Waals surface area contributed by atoms with E-state index in [-0.39, 0.29) is 23.1 Å². The van der Waals surface area contributed by atoms with Crippen molar-refractivity contribution in [3.05, 3.63) is 29.3 Å². The molecule has 0 aromatic heterocycles. The number of amides is 2. The van der Waals surface area contributed by atoms with Gasteiger partial charge in [0.1, 0.15) is 6.04 Å². The summed E-state index contributed by atoms with van der Waals surface area (Å²) in [5.41, 5.74) is 0. The van der Waals surface area contributed by atoms with Crippen molar-refractivity contribution >= 4 is 35.2 Å². The fraction of sp³-hybridized carbons (Fsp3) is 0.529. The Labute approximate surface area is 145 Å². The van der Waals surface area contributed by atoms with Crippen molar-refractivity contribution in [1.82, 2.24) is 10.2 Å². The summed E-state index contributed by atoms with van der Waals surface area (Å²) < 4.78 is 0. The van der Waals surface area contributed by atoms with Crippen LogP contribution in [-0.4, -0.2) is 40.6 Å². The summed E-state index contributed by atoms with van der Waals surface area (Å²) in [6, 6.07) is 7.54. The first-order chi connectivity index (χ1) is 11.1. The third-order valence-corrected chi connectivity index (χ3v) is 5.86. The van der Waals surface area contributed by atoms with Gasteiger partial charge in [0, 0.05) is 17.5 Å². The molecule has 23 heavy (non-hydrogen) atoms. The van der Waals surface area contributed by atoms with E-state index in [4.69, 9.17) is 11.6 Å². The van der Waals surface area contributed by atoms with Crippen LogP contribution in [0.2, 0.25) is 5.02 Å². The second-order valence-corrected chi connectivity index (χ2v) is 7.95. The zero-order valence-corrected chi connectivity index (χ0v) is 14.7. The molecule has 2 unspecified atom stereocenters. The minimum absolute atomic E-state index is 0.00768. The molecule has 2 aliphatic rings. The Morgan fingerprint density at radius 3 is 2.74 bits per heavy atom. The number of likely N-dealkylation sites (tertiary alicyclic amines) is 1. The van der Waals surface area contributed by atoms with E-state index in [1.807, 2.05) is 31.2 Å². The zero-order valence-electron chi connectivity index (χ0n) is 13.1. The second kappa shape index (κ2) is 7.14. The Bertz CT molecular complexity index is 606. The predicted molar refractivity (Wildman–Crippen MR) is 92.7 cm³/mol. The summed E-state index contributed by atoms with van der Waals surface area (Å²) in [6.07, 6.45) is 3.77. The van der Waals surface area contributed by atoms with E-state index in [2.05, 4.69) is 5.32 Å². The van der Waals surface area contributed by atoms with Crippen molar-refractivity contribution in [1.29, 1.82) is 0 Å². The fourth-order valence-electron chi connectivity index (χ4n) is 2.84. The van der Waals surface area contributed by atoms with E-state index in [0.29, 0.717) is 17.6 Å². The lowest BCUT2D eigenvalue weighted by Gasteiger charge is -2.26. The molecule has 4 nitrogen and oxygen atoms in total. The first-order valence-electron chi connectivity index (χ1n) is 8.08. The highest BCUT2D eigenvalue weighted by Crippen LogP contribution is 2.32. The fourth-order valence-corrected chi connectivity index (χ4v) is 4.07. The Kier molecular flexibility index (Phi) is 5.17. The van der Waals surface area contributed by atoms with Crippen LogP contribution in [0, 0.1) is 0 Å². The predicted octanol–water partition coefficient (Wildman–Crippen LogP) is 3.09. The van der Waals surface area contributed by atoms with Gasteiger partial charge in [0.25, 0.3) is 0 Å². The van der Waals surface area contributed by atoms with Crippen LogP contribution < -0.4 is 5.32 Å². The molecule has 6 heteroatoms. The maximum atomic E-state index is 12.8. The molecule has 124 valence electrons. The highest BCUT2D eigenvalue weighted by molar-refractivity contribution is 8.00. The maximum absolute atomic E-state index is 12.8. The molecule has 1 saturated carbocycles. The molecule has 0 bridgehead atoms. The Balaban J connectivity index is 1.63. The van der Waals surface area contributed by atoms with Crippen LogP contribution in [-0.2, 0) is 9.59 Å². The summed E-state index contributed by atoms with van der Waals surface area (Å²) in [6.45, 7) is 2.54.